The van der Waals surface area contributed by atoms with E-state index < -0.39 is 0 Å². The standard InChI is InChI=1S/C7H15N3O2/c1-9-4-5-10(8)7(12)3-2-6-11/h6,9H,2-5,8H2,1H3. The van der Waals surface area contributed by atoms with E-state index in [2.05, 4.69) is 5.32 Å². The molecule has 0 saturated carbocycles. The topological polar surface area (TPSA) is 75.4 Å². The van der Waals surface area contributed by atoms with Gasteiger partial charge >= 0.3 is 0 Å². The normalized spacial score (nSPS) is 9.50. The third-order valence-corrected chi connectivity index (χ3v) is 1.40. The number of rotatable bonds is 6. The van der Waals surface area contributed by atoms with Crippen LogP contribution in [0.15, 0.2) is 0 Å². The van der Waals surface area contributed by atoms with Crippen LogP contribution < -0.4 is 11.2 Å². The Morgan fingerprint density at radius 2 is 2.33 bits per heavy atom. The first-order valence-corrected chi connectivity index (χ1v) is 3.85. The number of likely N-dealkylation sites (N-methyl/N-ethyl adjacent to an activating group) is 1. The van der Waals surface area contributed by atoms with Crippen molar-refractivity contribution in [1.29, 1.82) is 0 Å². The van der Waals surface area contributed by atoms with Gasteiger partial charge in [-0.15, -0.1) is 0 Å². The molecule has 0 bridgehead atoms. The molecule has 70 valence electrons. The third kappa shape index (κ3) is 4.81. The van der Waals surface area contributed by atoms with Gasteiger partial charge < -0.3 is 10.1 Å². The van der Waals surface area contributed by atoms with Crippen molar-refractivity contribution in [3.05, 3.63) is 0 Å². The third-order valence-electron chi connectivity index (χ3n) is 1.40. The summed E-state index contributed by atoms with van der Waals surface area (Å²) in [5.74, 6) is 5.18. The maximum absolute atomic E-state index is 11.0. The zero-order valence-corrected chi connectivity index (χ0v) is 7.25. The lowest BCUT2D eigenvalue weighted by Gasteiger charge is -2.15. The zero-order valence-electron chi connectivity index (χ0n) is 7.25. The number of hydrogen-bond donors (Lipinski definition) is 2. The molecule has 0 spiro atoms. The summed E-state index contributed by atoms with van der Waals surface area (Å²) in [7, 11) is 1.78. The Kier molecular flexibility index (Phi) is 6.22. The molecule has 0 fully saturated rings. The summed E-state index contributed by atoms with van der Waals surface area (Å²) in [6.45, 7) is 1.12. The molecule has 5 heteroatoms. The van der Waals surface area contributed by atoms with Crippen molar-refractivity contribution in [3.63, 3.8) is 0 Å². The quantitative estimate of drug-likeness (QED) is 0.231. The SMILES string of the molecule is CNCCN(N)C(=O)CCC=O. The lowest BCUT2D eigenvalue weighted by Crippen LogP contribution is -2.41. The number of hydrazine groups is 1. The molecule has 0 rings (SSSR count). The van der Waals surface area contributed by atoms with Crippen LogP contribution in [0.25, 0.3) is 0 Å². The van der Waals surface area contributed by atoms with E-state index in [4.69, 9.17) is 5.84 Å². The van der Waals surface area contributed by atoms with E-state index in [0.29, 0.717) is 19.4 Å². The highest BCUT2D eigenvalue weighted by molar-refractivity contribution is 5.77. The smallest absolute Gasteiger partial charge is 0.236 e. The number of aldehydes is 1. The largest absolute Gasteiger partial charge is 0.318 e. The number of nitrogens with two attached hydrogens (primary N) is 1. The number of carbonyl (C=O) groups excluding carboxylic acids is 2. The van der Waals surface area contributed by atoms with E-state index in [0.717, 1.165) is 5.01 Å². The fourth-order valence-corrected chi connectivity index (χ4v) is 0.683. The molecule has 0 aliphatic heterocycles. The van der Waals surface area contributed by atoms with Crippen LogP contribution in [0, 0.1) is 0 Å². The predicted octanol–water partition coefficient (Wildman–Crippen LogP) is -1.11. The van der Waals surface area contributed by atoms with Gasteiger partial charge in [0.15, 0.2) is 0 Å². The van der Waals surface area contributed by atoms with Crippen LogP contribution in [-0.4, -0.2) is 37.3 Å². The molecule has 0 aromatic heterocycles. The van der Waals surface area contributed by atoms with E-state index >= 15 is 0 Å². The second-order valence-electron chi connectivity index (χ2n) is 2.40. The van der Waals surface area contributed by atoms with E-state index in [1.807, 2.05) is 0 Å². The molecular weight excluding hydrogens is 158 g/mol. The van der Waals surface area contributed by atoms with Gasteiger partial charge in [-0.25, -0.2) is 5.84 Å². The van der Waals surface area contributed by atoms with Crippen LogP contribution in [0.3, 0.4) is 0 Å². The first kappa shape index (κ1) is 11.1. The molecular formula is C7H15N3O2. The minimum Gasteiger partial charge on any atom is -0.318 e. The Balaban J connectivity index is 3.53. The highest BCUT2D eigenvalue weighted by Gasteiger charge is 2.06. The molecule has 0 atom stereocenters. The molecule has 3 N–H and O–H groups in total. The Morgan fingerprint density at radius 1 is 1.67 bits per heavy atom. The highest BCUT2D eigenvalue weighted by Crippen LogP contribution is 1.89. The molecule has 0 aromatic rings. The summed E-state index contributed by atoms with van der Waals surface area (Å²) in [5.41, 5.74) is 0. The number of hydrogen-bond acceptors (Lipinski definition) is 4. The number of nitrogens with one attached hydrogen (secondary N) is 1. The average molecular weight is 173 g/mol. The highest BCUT2D eigenvalue weighted by atomic mass is 16.2. The minimum absolute atomic E-state index is 0.197. The fraction of sp³-hybridized carbons (Fsp3) is 0.714. The molecule has 0 aliphatic rings. The van der Waals surface area contributed by atoms with E-state index in [1.165, 1.54) is 0 Å². The van der Waals surface area contributed by atoms with Crippen molar-refractivity contribution in [2.75, 3.05) is 20.1 Å². The van der Waals surface area contributed by atoms with Gasteiger partial charge in [0.05, 0.1) is 0 Å². The van der Waals surface area contributed by atoms with Gasteiger partial charge in [-0.3, -0.25) is 9.80 Å². The summed E-state index contributed by atoms with van der Waals surface area (Å²) in [4.78, 5) is 20.9. The monoisotopic (exact) mass is 173 g/mol. The van der Waals surface area contributed by atoms with Gasteiger partial charge in [-0.05, 0) is 7.05 Å². The molecule has 12 heavy (non-hydrogen) atoms. The maximum Gasteiger partial charge on any atom is 0.236 e. The molecule has 0 aliphatic carbocycles. The second kappa shape index (κ2) is 6.75. The Hall–Kier alpha value is -0.940. The van der Waals surface area contributed by atoms with Crippen molar-refractivity contribution >= 4 is 12.2 Å². The summed E-state index contributed by atoms with van der Waals surface area (Å²) >= 11 is 0. The number of nitrogens with zero attached hydrogens (tertiary/aromatic N) is 1. The van der Waals surface area contributed by atoms with Gasteiger partial charge in [0.1, 0.15) is 6.29 Å². The maximum atomic E-state index is 11.0. The molecule has 0 saturated heterocycles. The molecule has 0 radical (unpaired) electrons. The summed E-state index contributed by atoms with van der Waals surface area (Å²) < 4.78 is 0. The van der Waals surface area contributed by atoms with Gasteiger partial charge in [0.25, 0.3) is 0 Å². The fourth-order valence-electron chi connectivity index (χ4n) is 0.683. The lowest BCUT2D eigenvalue weighted by molar-refractivity contribution is -0.132. The second-order valence-corrected chi connectivity index (χ2v) is 2.40. The van der Waals surface area contributed by atoms with E-state index in [1.54, 1.807) is 7.05 Å². The van der Waals surface area contributed by atoms with Crippen molar-refractivity contribution in [2.45, 2.75) is 12.8 Å². The van der Waals surface area contributed by atoms with Gasteiger partial charge in [0, 0.05) is 25.9 Å². The first-order chi connectivity index (χ1) is 5.72. The Bertz CT molecular complexity index is 150. The van der Waals surface area contributed by atoms with Crippen molar-refractivity contribution in [1.82, 2.24) is 10.3 Å². The molecule has 1 amide bonds. The Morgan fingerprint density at radius 3 is 2.83 bits per heavy atom. The number of carbonyl (C=O) groups is 2. The number of amides is 1. The van der Waals surface area contributed by atoms with E-state index in [9.17, 15) is 9.59 Å². The molecule has 0 unspecified atom stereocenters. The summed E-state index contributed by atoms with van der Waals surface area (Å²) in [6.07, 6.45) is 1.15. The van der Waals surface area contributed by atoms with Crippen molar-refractivity contribution in [2.24, 2.45) is 5.84 Å². The summed E-state index contributed by atoms with van der Waals surface area (Å²) in [5, 5.41) is 3.99. The van der Waals surface area contributed by atoms with Crippen LogP contribution in [-0.2, 0) is 9.59 Å². The van der Waals surface area contributed by atoms with Crippen LogP contribution in [0.4, 0.5) is 0 Å². The minimum atomic E-state index is -0.197. The van der Waals surface area contributed by atoms with Crippen LogP contribution in [0.2, 0.25) is 0 Å². The Labute approximate surface area is 71.9 Å². The predicted molar refractivity (Wildman–Crippen MR) is 45.1 cm³/mol. The van der Waals surface area contributed by atoms with Crippen molar-refractivity contribution < 1.29 is 9.59 Å². The average Bonchev–Trinajstić information content (AvgIpc) is 2.10. The zero-order chi connectivity index (χ0) is 9.40. The van der Waals surface area contributed by atoms with Crippen LogP contribution in [0.1, 0.15) is 12.8 Å². The van der Waals surface area contributed by atoms with Gasteiger partial charge in [-0.2, -0.15) is 0 Å². The molecule has 5 nitrogen and oxygen atoms in total. The summed E-state index contributed by atoms with van der Waals surface area (Å²) in [6, 6.07) is 0. The van der Waals surface area contributed by atoms with Gasteiger partial charge in [0.2, 0.25) is 5.91 Å². The molecule has 0 aromatic carbocycles. The van der Waals surface area contributed by atoms with Gasteiger partial charge in [-0.1, -0.05) is 0 Å². The van der Waals surface area contributed by atoms with Crippen LogP contribution in [0.5, 0.6) is 0 Å². The lowest BCUT2D eigenvalue weighted by atomic mass is 10.3. The first-order valence-electron chi connectivity index (χ1n) is 3.85. The van der Waals surface area contributed by atoms with Crippen LogP contribution >= 0.6 is 0 Å². The molecule has 0 heterocycles. The van der Waals surface area contributed by atoms with Crippen molar-refractivity contribution in [3.8, 4) is 0 Å². The van der Waals surface area contributed by atoms with E-state index in [-0.39, 0.29) is 18.7 Å².